The molecular weight excluding hydrogens is 404 g/mol. The van der Waals surface area contributed by atoms with Crippen molar-refractivity contribution in [3.05, 3.63) is 87.6 Å². The summed E-state index contributed by atoms with van der Waals surface area (Å²) in [5, 5.41) is 3.28. The van der Waals surface area contributed by atoms with Crippen LogP contribution in [0.15, 0.2) is 81.5 Å². The number of allylic oxidation sites excluding steroid dienone is 2. The number of ether oxygens (including phenoxy) is 2. The Bertz CT molecular complexity index is 1110. The second kappa shape index (κ2) is 8.31. The third-order valence-electron chi connectivity index (χ3n) is 6.11. The Balaban J connectivity index is 1.59. The molecule has 2 aliphatic heterocycles. The summed E-state index contributed by atoms with van der Waals surface area (Å²) in [5.41, 5.74) is 7.62. The molecule has 0 aromatic heterocycles. The first-order valence-corrected chi connectivity index (χ1v) is 11.5. The van der Waals surface area contributed by atoms with E-state index in [1.54, 1.807) is 26.0 Å². The van der Waals surface area contributed by atoms with Crippen LogP contribution >= 0.6 is 11.8 Å². The van der Waals surface area contributed by atoms with Crippen LogP contribution < -0.4 is 9.47 Å². The number of thioether (sulfide) groups is 1. The summed E-state index contributed by atoms with van der Waals surface area (Å²) in [5.74, 6) is 1.76. The molecule has 0 bridgehead atoms. The maximum Gasteiger partial charge on any atom is 0.173 e. The molecule has 0 spiro atoms. The van der Waals surface area contributed by atoms with Gasteiger partial charge in [0.25, 0.3) is 0 Å². The number of hydrogen-bond acceptors (Lipinski definition) is 5. The Morgan fingerprint density at radius 2 is 1.65 bits per heavy atom. The van der Waals surface area contributed by atoms with Gasteiger partial charge in [-0.3, -0.25) is 0 Å². The van der Waals surface area contributed by atoms with Gasteiger partial charge >= 0.3 is 0 Å². The second-order valence-electron chi connectivity index (χ2n) is 7.99. The molecule has 2 heterocycles. The minimum Gasteiger partial charge on any atom is -0.497 e. The monoisotopic (exact) mass is 430 g/mol. The van der Waals surface area contributed by atoms with Gasteiger partial charge in [0.05, 0.1) is 26.0 Å². The molecule has 0 saturated heterocycles. The number of rotatable bonds is 4. The Labute approximate surface area is 188 Å². The van der Waals surface area contributed by atoms with Gasteiger partial charge in [-0.15, -0.1) is 0 Å². The van der Waals surface area contributed by atoms with Crippen LogP contribution in [0.4, 0.5) is 0 Å². The highest BCUT2D eigenvalue weighted by molar-refractivity contribution is 8.16. The minimum atomic E-state index is 0.180. The van der Waals surface area contributed by atoms with Crippen molar-refractivity contribution in [1.82, 2.24) is 4.90 Å². The van der Waals surface area contributed by atoms with E-state index < -0.39 is 0 Å². The minimum absolute atomic E-state index is 0.180. The normalized spacial score (nSPS) is 21.5. The van der Waals surface area contributed by atoms with Crippen LogP contribution in [0, 0.1) is 0 Å². The smallest absolute Gasteiger partial charge is 0.173 e. The quantitative estimate of drug-likeness (QED) is 0.551. The molecule has 1 unspecified atom stereocenters. The van der Waals surface area contributed by atoms with Gasteiger partial charge in [-0.1, -0.05) is 36.0 Å². The summed E-state index contributed by atoms with van der Waals surface area (Å²) in [6, 6.07) is 16.9. The van der Waals surface area contributed by atoms with Gasteiger partial charge in [0, 0.05) is 5.70 Å². The van der Waals surface area contributed by atoms with Gasteiger partial charge in [0.1, 0.15) is 11.5 Å². The molecule has 2 aromatic rings. The number of benzene rings is 2. The molecule has 5 heteroatoms. The van der Waals surface area contributed by atoms with Crippen LogP contribution in [0.2, 0.25) is 0 Å². The zero-order valence-electron chi connectivity index (χ0n) is 18.1. The number of nitrogens with zero attached hydrogens (tertiary/aromatic N) is 2. The highest BCUT2D eigenvalue weighted by Crippen LogP contribution is 2.49. The summed E-state index contributed by atoms with van der Waals surface area (Å²) < 4.78 is 10.7. The van der Waals surface area contributed by atoms with Crippen LogP contribution in [-0.4, -0.2) is 24.3 Å². The number of amidine groups is 1. The Morgan fingerprint density at radius 1 is 0.968 bits per heavy atom. The lowest BCUT2D eigenvalue weighted by atomic mass is 9.83. The van der Waals surface area contributed by atoms with E-state index in [1.807, 2.05) is 12.1 Å². The lowest BCUT2D eigenvalue weighted by Crippen LogP contribution is -2.34. The van der Waals surface area contributed by atoms with Crippen molar-refractivity contribution in [3.8, 4) is 11.5 Å². The molecule has 0 amide bonds. The van der Waals surface area contributed by atoms with E-state index in [4.69, 9.17) is 14.5 Å². The average Bonchev–Trinajstić information content (AvgIpc) is 3.19. The predicted molar refractivity (Wildman–Crippen MR) is 128 cm³/mol. The Morgan fingerprint density at radius 3 is 2.32 bits per heavy atom. The van der Waals surface area contributed by atoms with Gasteiger partial charge in [0.2, 0.25) is 0 Å². The van der Waals surface area contributed by atoms with Crippen molar-refractivity contribution in [2.24, 2.45) is 4.99 Å². The van der Waals surface area contributed by atoms with E-state index in [2.05, 4.69) is 59.7 Å². The maximum atomic E-state index is 5.39. The first kappa shape index (κ1) is 20.0. The summed E-state index contributed by atoms with van der Waals surface area (Å²) in [4.78, 5) is 7.54. The second-order valence-corrected chi connectivity index (χ2v) is 8.82. The molecular formula is C26H26N2O2S. The first-order chi connectivity index (χ1) is 15.2. The average molecular weight is 431 g/mol. The lowest BCUT2D eigenvalue weighted by molar-refractivity contribution is 0.406. The van der Waals surface area contributed by atoms with E-state index in [9.17, 15) is 0 Å². The summed E-state index contributed by atoms with van der Waals surface area (Å²) in [7, 11) is 3.41. The fourth-order valence-corrected chi connectivity index (χ4v) is 5.45. The predicted octanol–water partition coefficient (Wildman–Crippen LogP) is 6.55. The SMILES string of the molecule is COc1ccc(/C=C2\CCCC3=C2N=C2SC=C(C)N2C3c2ccc(OC)cc2)cc1. The molecule has 0 saturated carbocycles. The molecule has 0 fully saturated rings. The van der Waals surface area contributed by atoms with Gasteiger partial charge < -0.3 is 14.4 Å². The summed E-state index contributed by atoms with van der Waals surface area (Å²) >= 11 is 1.72. The maximum absolute atomic E-state index is 5.39. The lowest BCUT2D eigenvalue weighted by Gasteiger charge is -2.39. The molecule has 31 heavy (non-hydrogen) atoms. The number of aliphatic imine (C=N–C) groups is 1. The molecule has 5 rings (SSSR count). The Kier molecular flexibility index (Phi) is 5.36. The van der Waals surface area contributed by atoms with E-state index >= 15 is 0 Å². The van der Waals surface area contributed by atoms with Gasteiger partial charge in [-0.2, -0.15) is 0 Å². The van der Waals surface area contributed by atoms with Crippen molar-refractivity contribution in [2.45, 2.75) is 32.2 Å². The zero-order valence-corrected chi connectivity index (χ0v) is 18.9. The molecule has 1 atom stereocenters. The fraction of sp³-hybridized carbons (Fsp3) is 0.269. The number of hydrogen-bond donors (Lipinski definition) is 0. The molecule has 1 aliphatic carbocycles. The molecule has 0 radical (unpaired) electrons. The highest BCUT2D eigenvalue weighted by atomic mass is 32.2. The highest BCUT2D eigenvalue weighted by Gasteiger charge is 2.38. The van der Waals surface area contributed by atoms with E-state index in [1.165, 1.54) is 33.7 Å². The van der Waals surface area contributed by atoms with E-state index in [-0.39, 0.29) is 6.04 Å². The molecule has 0 N–H and O–H groups in total. The molecule has 2 aromatic carbocycles. The van der Waals surface area contributed by atoms with Crippen LogP contribution in [0.3, 0.4) is 0 Å². The standard InChI is InChI=1S/C26H26N2O2S/c1-17-16-31-26-27-24-20(15-18-7-11-21(29-2)12-8-18)5-4-6-23(24)25(28(17)26)19-9-13-22(30-3)14-10-19/h7-16,25H,4-6H2,1-3H3/b20-15+. The molecule has 158 valence electrons. The molecule has 4 nitrogen and oxygen atoms in total. The first-order valence-electron chi connectivity index (χ1n) is 10.6. The number of methoxy groups -OCH3 is 2. The van der Waals surface area contributed by atoms with Crippen molar-refractivity contribution in [3.63, 3.8) is 0 Å². The van der Waals surface area contributed by atoms with Gasteiger partial charge in [0.15, 0.2) is 5.17 Å². The topological polar surface area (TPSA) is 34.1 Å². The van der Waals surface area contributed by atoms with Gasteiger partial charge in [-0.05, 0) is 84.2 Å². The molecule has 3 aliphatic rings. The van der Waals surface area contributed by atoms with Crippen LogP contribution in [0.5, 0.6) is 11.5 Å². The van der Waals surface area contributed by atoms with Crippen LogP contribution in [0.25, 0.3) is 6.08 Å². The third kappa shape index (κ3) is 3.68. The van der Waals surface area contributed by atoms with Crippen molar-refractivity contribution < 1.29 is 9.47 Å². The van der Waals surface area contributed by atoms with E-state index in [0.29, 0.717) is 0 Å². The third-order valence-corrected chi connectivity index (χ3v) is 7.06. The van der Waals surface area contributed by atoms with Crippen molar-refractivity contribution in [1.29, 1.82) is 0 Å². The fourth-order valence-electron chi connectivity index (χ4n) is 4.55. The zero-order chi connectivity index (χ0) is 21.4. The van der Waals surface area contributed by atoms with Gasteiger partial charge in [-0.25, -0.2) is 4.99 Å². The van der Waals surface area contributed by atoms with Crippen LogP contribution in [-0.2, 0) is 0 Å². The summed E-state index contributed by atoms with van der Waals surface area (Å²) in [6.45, 7) is 2.18. The van der Waals surface area contributed by atoms with E-state index in [0.717, 1.165) is 35.9 Å². The Hall–Kier alpha value is -2.92. The van der Waals surface area contributed by atoms with Crippen molar-refractivity contribution >= 4 is 23.0 Å². The summed E-state index contributed by atoms with van der Waals surface area (Å²) in [6.07, 6.45) is 5.55. The van der Waals surface area contributed by atoms with Crippen LogP contribution in [0.1, 0.15) is 43.4 Å². The van der Waals surface area contributed by atoms with Crippen molar-refractivity contribution in [2.75, 3.05) is 14.2 Å². The largest absolute Gasteiger partial charge is 0.497 e. The number of fused-ring (bicyclic) bond motifs is 1.